The van der Waals surface area contributed by atoms with Crippen LogP contribution in [0.15, 0.2) is 53.5 Å². The van der Waals surface area contributed by atoms with Crippen LogP contribution in [-0.4, -0.2) is 32.2 Å². The Bertz CT molecular complexity index is 1470. The van der Waals surface area contributed by atoms with Crippen LogP contribution in [0.3, 0.4) is 0 Å². The minimum absolute atomic E-state index is 0.102. The number of aromatic nitrogens is 3. The van der Waals surface area contributed by atoms with Gasteiger partial charge in [0.05, 0.1) is 11.6 Å². The lowest BCUT2D eigenvalue weighted by Crippen LogP contribution is -2.29. The summed E-state index contributed by atoms with van der Waals surface area (Å²) in [5, 5.41) is 17.6. The number of H-pyrrole nitrogens is 1. The Morgan fingerprint density at radius 1 is 1.29 bits per heavy atom. The second-order valence-corrected chi connectivity index (χ2v) is 9.29. The van der Waals surface area contributed by atoms with E-state index in [1.165, 1.54) is 16.6 Å². The number of nitrogens with one attached hydrogen (secondary N) is 2. The molecule has 0 radical (unpaired) electrons. The van der Waals surface area contributed by atoms with E-state index in [1.807, 2.05) is 19.1 Å². The molecule has 7 nitrogen and oxygen atoms in total. The molecule has 1 aliphatic rings. The summed E-state index contributed by atoms with van der Waals surface area (Å²) in [7, 11) is 0. The van der Waals surface area contributed by atoms with E-state index >= 15 is 0 Å². The van der Waals surface area contributed by atoms with Crippen molar-refractivity contribution in [1.82, 2.24) is 19.9 Å². The number of nitrogens with zero attached hydrogens (tertiary/aromatic N) is 2. The van der Waals surface area contributed by atoms with Gasteiger partial charge in [0.2, 0.25) is 0 Å². The van der Waals surface area contributed by atoms with Gasteiger partial charge in [-0.05, 0) is 61.4 Å². The van der Waals surface area contributed by atoms with Gasteiger partial charge >= 0.3 is 0 Å². The fourth-order valence-electron chi connectivity index (χ4n) is 4.33. The van der Waals surface area contributed by atoms with E-state index in [0.717, 1.165) is 18.4 Å². The number of aliphatic hydroxyl groups excluding tert-OH is 1. The summed E-state index contributed by atoms with van der Waals surface area (Å²) >= 11 is 6.26. The van der Waals surface area contributed by atoms with Crippen molar-refractivity contribution in [3.8, 4) is 11.4 Å². The Morgan fingerprint density at radius 2 is 2.03 bits per heavy atom. The third kappa shape index (κ3) is 4.59. The smallest absolute Gasteiger partial charge is 0.275 e. The van der Waals surface area contributed by atoms with Crippen molar-refractivity contribution in [2.45, 2.75) is 38.1 Å². The maximum atomic E-state index is 13.4. The molecule has 4 aromatic rings. The highest BCUT2D eigenvalue weighted by Gasteiger charge is 2.34. The van der Waals surface area contributed by atoms with Crippen LogP contribution in [-0.2, 0) is 0 Å². The Hall–Kier alpha value is -3.49. The largest absolute Gasteiger partial charge is 0.396 e. The molecule has 2 aromatic heterocycles. The molecule has 2 aromatic carbocycles. The Morgan fingerprint density at radius 3 is 2.69 bits per heavy atom. The van der Waals surface area contributed by atoms with Crippen LogP contribution in [0.25, 0.3) is 16.9 Å². The van der Waals surface area contributed by atoms with Crippen LogP contribution in [0.4, 0.5) is 4.39 Å². The molecule has 1 atom stereocenters. The number of fused-ring (bicyclic) bond motifs is 1. The molecule has 1 amide bonds. The van der Waals surface area contributed by atoms with Crippen LogP contribution >= 0.6 is 11.6 Å². The quantitative estimate of drug-likeness (QED) is 0.351. The monoisotopic (exact) mass is 494 g/mol. The predicted molar refractivity (Wildman–Crippen MR) is 131 cm³/mol. The minimum Gasteiger partial charge on any atom is -0.396 e. The van der Waals surface area contributed by atoms with E-state index in [2.05, 4.69) is 15.4 Å². The molecule has 1 fully saturated rings. The van der Waals surface area contributed by atoms with Crippen LogP contribution in [0, 0.1) is 12.7 Å². The van der Waals surface area contributed by atoms with E-state index in [-0.39, 0.29) is 36.2 Å². The number of aromatic amines is 1. The second-order valence-electron chi connectivity index (χ2n) is 8.88. The van der Waals surface area contributed by atoms with Crippen molar-refractivity contribution in [1.29, 1.82) is 0 Å². The molecule has 180 valence electrons. The first-order valence-corrected chi connectivity index (χ1v) is 11.8. The molecule has 0 spiro atoms. The zero-order valence-corrected chi connectivity index (χ0v) is 19.8. The number of hydrogen-bond acceptors (Lipinski definition) is 4. The summed E-state index contributed by atoms with van der Waals surface area (Å²) in [6.45, 7) is 1.74. The van der Waals surface area contributed by atoms with Crippen molar-refractivity contribution < 1.29 is 14.3 Å². The highest BCUT2D eigenvalue weighted by atomic mass is 35.5. The predicted octanol–water partition coefficient (Wildman–Crippen LogP) is 4.52. The Balaban J connectivity index is 1.55. The summed E-state index contributed by atoms with van der Waals surface area (Å²) < 4.78 is 14.8. The summed E-state index contributed by atoms with van der Waals surface area (Å²) in [4.78, 5) is 29.4. The lowest BCUT2D eigenvalue weighted by molar-refractivity contribution is 0.0929. The number of hydrogen-bond donors (Lipinski definition) is 3. The topological polar surface area (TPSA) is 99.5 Å². The number of carbonyl (C=O) groups excluding carboxylic acids is 1. The molecular weight excluding hydrogens is 471 g/mol. The molecule has 2 heterocycles. The van der Waals surface area contributed by atoms with Crippen molar-refractivity contribution in [2.24, 2.45) is 0 Å². The van der Waals surface area contributed by atoms with Gasteiger partial charge in [0.15, 0.2) is 5.82 Å². The Kier molecular flexibility index (Phi) is 6.17. The fraction of sp³-hybridized carbons (Fsp3) is 0.269. The normalized spacial score (nSPS) is 14.3. The number of benzene rings is 2. The summed E-state index contributed by atoms with van der Waals surface area (Å²) in [6, 6.07) is 10.7. The van der Waals surface area contributed by atoms with Gasteiger partial charge in [-0.3, -0.25) is 9.59 Å². The summed E-state index contributed by atoms with van der Waals surface area (Å²) in [5.41, 5.74) is 3.31. The van der Waals surface area contributed by atoms with Crippen LogP contribution in [0.2, 0.25) is 5.02 Å². The number of amides is 1. The van der Waals surface area contributed by atoms with Gasteiger partial charge < -0.3 is 15.4 Å². The third-order valence-corrected chi connectivity index (χ3v) is 6.76. The average Bonchev–Trinajstić information content (AvgIpc) is 3.60. The van der Waals surface area contributed by atoms with Crippen molar-refractivity contribution >= 4 is 23.0 Å². The SMILES string of the molecule is Cc1ccc(-c2nn3cc(C(=O)N[C@H](CCO)c4ccc(F)cc4)c(C4CC4)c3c(=O)[nH]2)cc1Cl. The first-order chi connectivity index (χ1) is 16.9. The zero-order valence-electron chi connectivity index (χ0n) is 19.0. The maximum absolute atomic E-state index is 13.4. The van der Waals surface area contributed by atoms with Crippen LogP contribution < -0.4 is 10.9 Å². The van der Waals surface area contributed by atoms with E-state index in [4.69, 9.17) is 11.6 Å². The second kappa shape index (κ2) is 9.28. The van der Waals surface area contributed by atoms with E-state index in [9.17, 15) is 19.1 Å². The molecule has 0 aliphatic heterocycles. The maximum Gasteiger partial charge on any atom is 0.275 e. The van der Waals surface area contributed by atoms with Gasteiger partial charge in [-0.25, -0.2) is 8.91 Å². The molecule has 0 bridgehead atoms. The van der Waals surface area contributed by atoms with Crippen LogP contribution in [0.1, 0.15) is 58.3 Å². The number of carbonyl (C=O) groups is 1. The third-order valence-electron chi connectivity index (χ3n) is 6.35. The average molecular weight is 495 g/mol. The van der Waals surface area contributed by atoms with Gasteiger partial charge in [0, 0.05) is 29.0 Å². The lowest BCUT2D eigenvalue weighted by Gasteiger charge is -2.18. The van der Waals surface area contributed by atoms with Gasteiger partial charge in [-0.1, -0.05) is 35.9 Å². The van der Waals surface area contributed by atoms with Crippen LogP contribution in [0.5, 0.6) is 0 Å². The molecule has 0 unspecified atom stereocenters. The van der Waals surface area contributed by atoms with Crippen molar-refractivity contribution in [3.63, 3.8) is 0 Å². The molecule has 1 aliphatic carbocycles. The minimum atomic E-state index is -0.514. The molecule has 5 rings (SSSR count). The fourth-order valence-corrected chi connectivity index (χ4v) is 4.51. The molecule has 1 saturated carbocycles. The number of rotatable bonds is 7. The first-order valence-electron chi connectivity index (χ1n) is 11.4. The van der Waals surface area contributed by atoms with E-state index in [1.54, 1.807) is 24.4 Å². The molecule has 0 saturated heterocycles. The van der Waals surface area contributed by atoms with Gasteiger partial charge in [0.25, 0.3) is 11.5 Å². The molecular formula is C26H24ClFN4O3. The molecule has 9 heteroatoms. The number of halogens is 2. The Labute approximate surface area is 205 Å². The summed E-state index contributed by atoms with van der Waals surface area (Å²) in [6.07, 6.45) is 3.60. The highest BCUT2D eigenvalue weighted by molar-refractivity contribution is 6.31. The molecule has 3 N–H and O–H groups in total. The van der Waals surface area contributed by atoms with Gasteiger partial charge in [-0.15, -0.1) is 5.10 Å². The first kappa shape index (κ1) is 23.3. The van der Waals surface area contributed by atoms with Gasteiger partial charge in [-0.2, -0.15) is 0 Å². The van der Waals surface area contributed by atoms with Gasteiger partial charge in [0.1, 0.15) is 11.3 Å². The standard InChI is InChI=1S/C26H24ClFN4O3/c1-14-2-3-17(12-20(14)27)24-30-26(35)23-22(16-4-5-16)19(13-32(23)31-24)25(34)29-21(10-11-33)15-6-8-18(28)9-7-15/h2-3,6-9,12-13,16,21,33H,4-5,10-11H2,1H3,(H,29,34)(H,30,31,35)/t21-/m1/s1. The van der Waals surface area contributed by atoms with E-state index in [0.29, 0.717) is 38.6 Å². The highest BCUT2D eigenvalue weighted by Crippen LogP contribution is 2.43. The number of aliphatic hydroxyl groups is 1. The van der Waals surface area contributed by atoms with Crippen molar-refractivity contribution in [2.75, 3.05) is 6.61 Å². The zero-order chi connectivity index (χ0) is 24.7. The number of aryl methyl sites for hydroxylation is 1. The van der Waals surface area contributed by atoms with Crippen molar-refractivity contribution in [3.05, 3.63) is 92.1 Å². The summed E-state index contributed by atoms with van der Waals surface area (Å²) in [5.74, 6) is -0.309. The van der Waals surface area contributed by atoms with E-state index < -0.39 is 6.04 Å². The molecule has 35 heavy (non-hydrogen) atoms. The lowest BCUT2D eigenvalue weighted by atomic mass is 10.0.